The smallest absolute Gasteiger partial charge is 0.201 e. The van der Waals surface area contributed by atoms with E-state index in [-0.39, 0.29) is 6.04 Å². The quantitative estimate of drug-likeness (QED) is 0.437. The van der Waals surface area contributed by atoms with E-state index in [1.54, 1.807) is 0 Å². The van der Waals surface area contributed by atoms with Gasteiger partial charge in [0.25, 0.3) is 0 Å². The lowest BCUT2D eigenvalue weighted by Gasteiger charge is -2.34. The molecule has 0 bridgehead atoms. The second-order valence-corrected chi connectivity index (χ2v) is 2.87. The minimum atomic E-state index is -0.749. The Kier molecular flexibility index (Phi) is 3.36. The molecule has 0 aromatic carbocycles. The van der Waals surface area contributed by atoms with Crippen LogP contribution in [0.1, 0.15) is 6.42 Å². The molecule has 2 N–H and O–H groups in total. The number of rotatable bonds is 2. The largest absolute Gasteiger partial charge is 0.357 e. The third-order valence-electron chi connectivity index (χ3n) is 2.23. The van der Waals surface area contributed by atoms with Crippen LogP contribution in [0.2, 0.25) is 0 Å². The third kappa shape index (κ3) is 2.18. The van der Waals surface area contributed by atoms with E-state index in [4.69, 9.17) is 0 Å². The summed E-state index contributed by atoms with van der Waals surface area (Å²) in [5.41, 5.74) is 0. The summed E-state index contributed by atoms with van der Waals surface area (Å²) in [5, 5.41) is 7.81. The van der Waals surface area contributed by atoms with Crippen LogP contribution in [0.5, 0.6) is 0 Å². The minimum Gasteiger partial charge on any atom is -0.357 e. The van der Waals surface area contributed by atoms with Crippen LogP contribution in [-0.4, -0.2) is 46.3 Å². The van der Waals surface area contributed by atoms with E-state index in [0.29, 0.717) is 6.54 Å². The summed E-state index contributed by atoms with van der Waals surface area (Å²) in [6.45, 7) is 1.41. The van der Waals surface area contributed by atoms with Gasteiger partial charge in [-0.05, 0) is 6.42 Å². The lowest BCUT2D eigenvalue weighted by Crippen LogP contribution is -2.53. The molecule has 0 amide bonds. The highest BCUT2D eigenvalue weighted by Gasteiger charge is 2.26. The van der Waals surface area contributed by atoms with E-state index in [9.17, 15) is 4.39 Å². The van der Waals surface area contributed by atoms with Crippen molar-refractivity contribution in [2.75, 3.05) is 13.1 Å². The molecular weight excluding hydrogens is 143 g/mol. The normalized spacial score (nSPS) is 33.9. The molecule has 0 aromatic rings. The number of nitrogens with one attached hydrogen (secondary N) is 2. The van der Waals surface area contributed by atoms with Gasteiger partial charge < -0.3 is 10.6 Å². The highest BCUT2D eigenvalue weighted by Crippen LogP contribution is 2.11. The number of hydrogen-bond donors (Lipinski definition) is 2. The molecule has 6 heteroatoms. The van der Waals surface area contributed by atoms with Gasteiger partial charge in [-0.15, -0.1) is 0 Å². The Labute approximate surface area is 68.5 Å². The molecular formula is C5H14B2FN3. The molecule has 1 saturated heterocycles. The highest BCUT2D eigenvalue weighted by molar-refractivity contribution is 6.04. The van der Waals surface area contributed by atoms with Gasteiger partial charge in [0.15, 0.2) is 7.98 Å². The van der Waals surface area contributed by atoms with E-state index in [0.717, 1.165) is 13.0 Å². The monoisotopic (exact) mass is 157 g/mol. The summed E-state index contributed by atoms with van der Waals surface area (Å²) in [4.78, 5) is 0. The van der Waals surface area contributed by atoms with E-state index >= 15 is 0 Å². The van der Waals surface area contributed by atoms with Crippen LogP contribution in [0.3, 0.4) is 0 Å². The molecule has 62 valence electrons. The maximum atomic E-state index is 13.1. The van der Waals surface area contributed by atoms with Gasteiger partial charge in [-0.25, -0.2) is 4.39 Å². The van der Waals surface area contributed by atoms with Crippen molar-refractivity contribution < 1.29 is 4.39 Å². The highest BCUT2D eigenvalue weighted by atomic mass is 19.1. The molecule has 2 unspecified atom stereocenters. The average molecular weight is 157 g/mol. The molecule has 3 nitrogen and oxygen atoms in total. The summed E-state index contributed by atoms with van der Waals surface area (Å²) in [7, 11) is 3.64. The Morgan fingerprint density at radius 1 is 1.45 bits per heavy atom. The van der Waals surface area contributed by atoms with Crippen molar-refractivity contribution >= 4 is 16.0 Å². The summed E-state index contributed by atoms with van der Waals surface area (Å²) in [6, 6.07) is 0.0413. The summed E-state index contributed by atoms with van der Waals surface area (Å²) in [5.74, 6) is 0. The second kappa shape index (κ2) is 4.09. The van der Waals surface area contributed by atoms with E-state index in [2.05, 4.69) is 10.6 Å². The first-order valence-corrected chi connectivity index (χ1v) is 4.01. The van der Waals surface area contributed by atoms with E-state index < -0.39 is 6.17 Å². The fraction of sp³-hybridized carbons (Fsp3) is 1.00. The summed E-state index contributed by atoms with van der Waals surface area (Å²) in [6.07, 6.45) is 0.125. The van der Waals surface area contributed by atoms with Gasteiger partial charge in [0.05, 0.1) is 0 Å². The minimum absolute atomic E-state index is 0.0413. The first-order valence-electron chi connectivity index (χ1n) is 4.01. The number of halogens is 1. The van der Waals surface area contributed by atoms with Crippen LogP contribution < -0.4 is 10.6 Å². The number of hydrazine groups is 1. The van der Waals surface area contributed by atoms with Crippen molar-refractivity contribution in [1.29, 1.82) is 0 Å². The Balaban J connectivity index is 2.34. The molecule has 0 aromatic heterocycles. The molecule has 1 rings (SSSR count). The molecule has 11 heavy (non-hydrogen) atoms. The van der Waals surface area contributed by atoms with Crippen molar-refractivity contribution in [1.82, 2.24) is 15.6 Å². The van der Waals surface area contributed by atoms with Crippen LogP contribution in [0.25, 0.3) is 0 Å². The zero-order valence-corrected chi connectivity index (χ0v) is 7.10. The van der Waals surface area contributed by atoms with Gasteiger partial charge in [0.2, 0.25) is 7.98 Å². The number of piperidine rings is 1. The Morgan fingerprint density at radius 2 is 2.18 bits per heavy atom. The fourth-order valence-electron chi connectivity index (χ4n) is 1.43. The molecule has 0 aliphatic carbocycles. The SMILES string of the molecule is BNC1CCN(NB)CC1F. The van der Waals surface area contributed by atoms with Gasteiger partial charge in [-0.2, -0.15) is 0 Å². The number of nitrogens with zero attached hydrogens (tertiary/aromatic N) is 1. The zero-order valence-electron chi connectivity index (χ0n) is 7.10. The first kappa shape index (κ1) is 9.03. The molecule has 0 saturated carbocycles. The fourth-order valence-corrected chi connectivity index (χ4v) is 1.43. The van der Waals surface area contributed by atoms with Crippen molar-refractivity contribution in [2.45, 2.75) is 18.6 Å². The van der Waals surface area contributed by atoms with E-state index in [1.165, 1.54) is 0 Å². The van der Waals surface area contributed by atoms with Crippen LogP contribution >= 0.6 is 0 Å². The maximum absolute atomic E-state index is 13.1. The Morgan fingerprint density at radius 3 is 2.64 bits per heavy atom. The molecule has 1 heterocycles. The van der Waals surface area contributed by atoms with E-state index in [1.807, 2.05) is 21.0 Å². The van der Waals surface area contributed by atoms with Crippen molar-refractivity contribution in [3.63, 3.8) is 0 Å². The first-order chi connectivity index (χ1) is 5.27. The van der Waals surface area contributed by atoms with Crippen molar-refractivity contribution in [3.8, 4) is 0 Å². The van der Waals surface area contributed by atoms with Crippen molar-refractivity contribution in [3.05, 3.63) is 0 Å². The molecule has 2 atom stereocenters. The van der Waals surface area contributed by atoms with Crippen LogP contribution in [0.15, 0.2) is 0 Å². The maximum Gasteiger partial charge on any atom is 0.201 e. The molecule has 1 aliphatic rings. The predicted molar refractivity (Wildman–Crippen MR) is 48.2 cm³/mol. The molecule has 1 fully saturated rings. The third-order valence-corrected chi connectivity index (χ3v) is 2.23. The number of hydrogen-bond acceptors (Lipinski definition) is 3. The molecule has 0 spiro atoms. The Hall–Kier alpha value is -0.0601. The van der Waals surface area contributed by atoms with Crippen molar-refractivity contribution in [2.24, 2.45) is 0 Å². The summed E-state index contributed by atoms with van der Waals surface area (Å²) < 4.78 is 13.1. The number of alkyl halides is 1. The lowest BCUT2D eigenvalue weighted by molar-refractivity contribution is 0.0980. The van der Waals surface area contributed by atoms with Crippen LogP contribution in [-0.2, 0) is 0 Å². The van der Waals surface area contributed by atoms with Gasteiger partial charge in [0.1, 0.15) is 6.17 Å². The predicted octanol–water partition coefficient (Wildman–Crippen LogP) is -2.41. The molecule has 0 radical (unpaired) electrons. The van der Waals surface area contributed by atoms with Gasteiger partial charge in [0, 0.05) is 19.1 Å². The lowest BCUT2D eigenvalue weighted by atomic mass is 10.0. The second-order valence-electron chi connectivity index (χ2n) is 2.87. The van der Waals surface area contributed by atoms with Gasteiger partial charge in [-0.3, -0.25) is 5.01 Å². The standard InChI is InChI=1S/C5H14B2FN3/c6-9-5-1-2-11(10-7)3-4(5)8/h4-5,9-10H,1-3,6-7H2. The average Bonchev–Trinajstić information content (AvgIpc) is 2.04. The Bertz CT molecular complexity index is 126. The van der Waals surface area contributed by atoms with Crippen LogP contribution in [0.4, 0.5) is 4.39 Å². The van der Waals surface area contributed by atoms with Gasteiger partial charge in [-0.1, -0.05) is 0 Å². The molecule has 1 aliphatic heterocycles. The zero-order chi connectivity index (χ0) is 8.27. The van der Waals surface area contributed by atoms with Gasteiger partial charge >= 0.3 is 0 Å². The summed E-state index contributed by atoms with van der Waals surface area (Å²) >= 11 is 0. The van der Waals surface area contributed by atoms with Crippen LogP contribution in [0, 0.1) is 0 Å². The topological polar surface area (TPSA) is 27.3 Å².